The molecular weight excluding hydrogens is 791 g/mol. The molecule has 5 aromatic carbocycles. The quantitative estimate of drug-likeness (QED) is 0.0363. The summed E-state index contributed by atoms with van der Waals surface area (Å²) in [4.78, 5) is 98.8. The van der Waals surface area contributed by atoms with Gasteiger partial charge in [0.2, 0.25) is 5.91 Å². The number of carbonyl (C=O) groups is 7. The maximum Gasteiger partial charge on any atom is 0.335 e. The first-order valence-corrected chi connectivity index (χ1v) is 18.5. The van der Waals surface area contributed by atoms with E-state index >= 15 is 0 Å². The zero-order valence-electron chi connectivity index (χ0n) is 32.7. The third-order valence-corrected chi connectivity index (χ3v) is 9.05. The zero-order chi connectivity index (χ0) is 44.4. The van der Waals surface area contributed by atoms with Gasteiger partial charge in [-0.2, -0.15) is 0 Å². The van der Waals surface area contributed by atoms with Crippen LogP contribution in [0.5, 0.6) is 11.5 Å². The molecule has 0 aliphatic heterocycles. The predicted molar refractivity (Wildman–Crippen MR) is 221 cm³/mol. The summed E-state index contributed by atoms with van der Waals surface area (Å²) in [7, 11) is 0. The fourth-order valence-electron chi connectivity index (χ4n) is 5.94. The highest BCUT2D eigenvalue weighted by Crippen LogP contribution is 2.36. The largest absolute Gasteiger partial charge is 0.504 e. The van der Waals surface area contributed by atoms with Gasteiger partial charge in [0.25, 0.3) is 23.4 Å². The molecule has 0 unspecified atom stereocenters. The maximum atomic E-state index is 13.4. The number of nitrogens with two attached hydrogens (primary N) is 1. The predicted octanol–water partition coefficient (Wildman–Crippen LogP) is 5.50. The Bertz CT molecular complexity index is 2500. The Hall–Kier alpha value is -8.21. The number of carboxylic acids is 1. The number of Topliss-reactive ketones (excluding diaryl/α,β-unsaturated/α-hetero) is 2. The van der Waals surface area contributed by atoms with Crippen LogP contribution >= 0.6 is 0 Å². The number of nitrogens with zero attached hydrogens (tertiary/aromatic N) is 1. The van der Waals surface area contributed by atoms with Crippen molar-refractivity contribution < 1.29 is 53.4 Å². The van der Waals surface area contributed by atoms with Crippen LogP contribution in [0, 0.1) is 10.1 Å². The van der Waals surface area contributed by atoms with Crippen LogP contribution in [0.2, 0.25) is 0 Å². The number of rotatable bonds is 18. The number of aromatic carboxylic acids is 1. The van der Waals surface area contributed by atoms with Crippen LogP contribution in [0.25, 0.3) is 0 Å². The number of nitro benzene ring substituents is 1. The van der Waals surface area contributed by atoms with Crippen molar-refractivity contribution in [1.82, 2.24) is 5.32 Å². The molecule has 17 heteroatoms. The van der Waals surface area contributed by atoms with E-state index in [-0.39, 0.29) is 63.6 Å². The molecule has 1 atom stereocenters. The Morgan fingerprint density at radius 1 is 0.689 bits per heavy atom. The standard InChI is InChI=1S/C44H39N5O12/c1-24(2)61-40-30(13-20-34(39(40)53)43(56)47-32-16-9-29(10-17-32)44(57)58)22-36(50)26-5-3-25(4-6-26)21-37(51)35(23-38(45)52)48-42(55)27-7-14-31(15-8-27)46-41(54)28-11-18-33(19-12-28)49(59)60/h3-20,24,35,53H,21-23H2,1-2H3,(H2,45,52)(H,46,54)(H,47,56)(H,48,55)(H,57,58)/t35-/m0/s1. The van der Waals surface area contributed by atoms with Crippen molar-refractivity contribution in [2.24, 2.45) is 5.73 Å². The number of carbonyl (C=O) groups excluding carboxylic acids is 6. The van der Waals surface area contributed by atoms with Gasteiger partial charge in [-0.25, -0.2) is 4.79 Å². The van der Waals surface area contributed by atoms with Crippen LogP contribution in [-0.2, 0) is 22.4 Å². The number of carboxylic acid groups (broad SMARTS) is 1. The first-order valence-electron chi connectivity index (χ1n) is 18.5. The van der Waals surface area contributed by atoms with Crippen molar-refractivity contribution in [2.45, 2.75) is 45.3 Å². The Kier molecular flexibility index (Phi) is 14.0. The fraction of sp³-hybridized carbons (Fsp3) is 0.159. The highest BCUT2D eigenvalue weighted by Gasteiger charge is 2.25. The van der Waals surface area contributed by atoms with Gasteiger partial charge in [-0.05, 0) is 86.1 Å². The molecule has 0 bridgehead atoms. The molecule has 17 nitrogen and oxygen atoms in total. The lowest BCUT2D eigenvalue weighted by Crippen LogP contribution is -2.44. The zero-order valence-corrected chi connectivity index (χ0v) is 32.7. The van der Waals surface area contributed by atoms with Crippen LogP contribution in [0.15, 0.2) is 109 Å². The van der Waals surface area contributed by atoms with Crippen LogP contribution in [0.3, 0.4) is 0 Å². The molecule has 61 heavy (non-hydrogen) atoms. The van der Waals surface area contributed by atoms with Crippen LogP contribution in [-0.4, -0.2) is 68.4 Å². The Balaban J connectivity index is 1.21. The average molecular weight is 830 g/mol. The minimum atomic E-state index is -1.29. The first-order chi connectivity index (χ1) is 29.0. The lowest BCUT2D eigenvalue weighted by molar-refractivity contribution is -0.384. The van der Waals surface area contributed by atoms with Crippen molar-refractivity contribution in [3.8, 4) is 11.5 Å². The van der Waals surface area contributed by atoms with Crippen molar-refractivity contribution in [2.75, 3.05) is 10.6 Å². The van der Waals surface area contributed by atoms with Crippen molar-refractivity contribution in [1.29, 1.82) is 0 Å². The number of ketones is 2. The van der Waals surface area contributed by atoms with E-state index in [2.05, 4.69) is 16.0 Å². The average Bonchev–Trinajstić information content (AvgIpc) is 3.22. The molecule has 4 amide bonds. The second-order valence-corrected chi connectivity index (χ2v) is 13.9. The molecule has 0 radical (unpaired) electrons. The third kappa shape index (κ3) is 11.7. The molecule has 0 saturated heterocycles. The number of benzene rings is 5. The SMILES string of the molecule is CC(C)Oc1c(CC(=O)c2ccc(CC(=O)[C@H](CC(N)=O)NC(=O)c3ccc(NC(=O)c4ccc([N+](=O)[O-])cc4)cc3)cc2)ccc(C(=O)Nc2ccc(C(=O)O)cc2)c1O. The number of hydrogen-bond donors (Lipinski definition) is 6. The maximum absolute atomic E-state index is 13.4. The van der Waals surface area contributed by atoms with Gasteiger partial charge in [0.05, 0.1) is 34.6 Å². The van der Waals surface area contributed by atoms with Gasteiger partial charge < -0.3 is 36.6 Å². The number of nitro groups is 1. The van der Waals surface area contributed by atoms with E-state index in [1.165, 1.54) is 109 Å². The van der Waals surface area contributed by atoms with Gasteiger partial charge in [-0.15, -0.1) is 0 Å². The van der Waals surface area contributed by atoms with E-state index in [0.717, 1.165) is 0 Å². The summed E-state index contributed by atoms with van der Waals surface area (Å²) in [5, 5.41) is 38.8. The summed E-state index contributed by atoms with van der Waals surface area (Å²) in [5.41, 5.74) is 7.00. The normalized spacial score (nSPS) is 11.2. The molecule has 312 valence electrons. The summed E-state index contributed by atoms with van der Waals surface area (Å²) in [6.45, 7) is 3.41. The van der Waals surface area contributed by atoms with Gasteiger partial charge in [0, 0.05) is 58.6 Å². The number of anilines is 2. The lowest BCUT2D eigenvalue weighted by atomic mass is 9.97. The summed E-state index contributed by atoms with van der Waals surface area (Å²) < 4.78 is 5.83. The number of phenolic OH excluding ortho intramolecular Hbond substituents is 1. The third-order valence-electron chi connectivity index (χ3n) is 9.05. The molecule has 0 saturated carbocycles. The Labute approximate surface area is 347 Å². The number of ether oxygens (including phenoxy) is 1. The number of primary amides is 1. The molecule has 0 spiro atoms. The van der Waals surface area contributed by atoms with Gasteiger partial charge >= 0.3 is 5.97 Å². The minimum Gasteiger partial charge on any atom is -0.504 e. The van der Waals surface area contributed by atoms with Crippen molar-refractivity contribution in [3.63, 3.8) is 0 Å². The molecule has 5 aromatic rings. The molecule has 0 fully saturated rings. The molecular formula is C44H39N5O12. The second kappa shape index (κ2) is 19.5. The molecule has 0 aromatic heterocycles. The fourth-order valence-corrected chi connectivity index (χ4v) is 5.94. The van der Waals surface area contributed by atoms with Crippen LogP contribution in [0.4, 0.5) is 17.1 Å². The van der Waals surface area contributed by atoms with E-state index in [9.17, 15) is 48.8 Å². The topological polar surface area (TPSA) is 274 Å². The summed E-state index contributed by atoms with van der Waals surface area (Å²) in [6.07, 6.45) is -1.39. The Morgan fingerprint density at radius 2 is 1.21 bits per heavy atom. The molecule has 7 N–H and O–H groups in total. The van der Waals surface area contributed by atoms with Gasteiger partial charge in [-0.1, -0.05) is 30.3 Å². The highest BCUT2D eigenvalue weighted by molar-refractivity contribution is 6.08. The number of amides is 4. The van der Waals surface area contributed by atoms with E-state index < -0.39 is 64.6 Å². The number of non-ortho nitro benzene ring substituents is 1. The summed E-state index contributed by atoms with van der Waals surface area (Å²) in [6, 6.07) is 23.7. The second-order valence-electron chi connectivity index (χ2n) is 13.9. The molecule has 0 aliphatic carbocycles. The molecule has 0 aliphatic rings. The van der Waals surface area contributed by atoms with Gasteiger partial charge in [0.1, 0.15) is 0 Å². The monoisotopic (exact) mass is 829 g/mol. The smallest absolute Gasteiger partial charge is 0.335 e. The summed E-state index contributed by atoms with van der Waals surface area (Å²) in [5.74, 6) is -5.37. The lowest BCUT2D eigenvalue weighted by Gasteiger charge is -2.18. The van der Waals surface area contributed by atoms with E-state index in [0.29, 0.717) is 16.8 Å². The minimum absolute atomic E-state index is 0.0262. The number of hydrogen-bond acceptors (Lipinski definition) is 11. The van der Waals surface area contributed by atoms with Crippen molar-refractivity contribution in [3.05, 3.63) is 158 Å². The molecule has 5 rings (SSSR count). The first kappa shape index (κ1) is 43.9. The van der Waals surface area contributed by atoms with Crippen molar-refractivity contribution >= 4 is 58.2 Å². The van der Waals surface area contributed by atoms with E-state index in [1.54, 1.807) is 13.8 Å². The number of phenols is 1. The van der Waals surface area contributed by atoms with Crippen LogP contribution in [0.1, 0.15) is 83.2 Å². The Morgan fingerprint density at radius 3 is 1.75 bits per heavy atom. The van der Waals surface area contributed by atoms with E-state index in [4.69, 9.17) is 15.6 Å². The highest BCUT2D eigenvalue weighted by atomic mass is 16.6. The molecule has 0 heterocycles. The number of nitrogens with one attached hydrogen (secondary N) is 3. The summed E-state index contributed by atoms with van der Waals surface area (Å²) >= 11 is 0. The number of aromatic hydroxyl groups is 1. The van der Waals surface area contributed by atoms with Crippen LogP contribution < -0.4 is 26.4 Å². The van der Waals surface area contributed by atoms with E-state index in [1.807, 2.05) is 0 Å². The van der Waals surface area contributed by atoms with Gasteiger partial charge in [0.15, 0.2) is 23.1 Å². The van der Waals surface area contributed by atoms with Gasteiger partial charge in [-0.3, -0.25) is 38.9 Å².